The number of rotatable bonds is 63. The average Bonchev–Trinajstić information content (AvgIpc) is 3.40. The quantitative estimate of drug-likeness (QED) is 0.0320. The van der Waals surface area contributed by atoms with Crippen molar-refractivity contribution in [2.45, 2.75) is 386 Å². The fourth-order valence-electron chi connectivity index (χ4n) is 10.6. The Morgan fingerprint density at radius 1 is 0.378 bits per heavy atom. The number of hydrogen-bond donors (Lipinski definition) is 3. The fraction of sp³-hybridized carbons (Fsp3) is 0.912. The number of allylic oxidation sites excluding steroid dienone is 4. The van der Waals surface area contributed by atoms with Crippen LogP contribution in [-0.4, -0.2) is 47.4 Å². The van der Waals surface area contributed by atoms with Crippen LogP contribution in [-0.2, 0) is 14.3 Å². The smallest absolute Gasteiger partial charge is 0.305 e. The lowest BCUT2D eigenvalue weighted by Crippen LogP contribution is -2.45. The van der Waals surface area contributed by atoms with Gasteiger partial charge in [-0.3, -0.25) is 9.59 Å². The normalized spacial score (nSPS) is 12.6. The highest BCUT2D eigenvalue weighted by molar-refractivity contribution is 5.76. The van der Waals surface area contributed by atoms with Gasteiger partial charge in [-0.1, -0.05) is 334 Å². The summed E-state index contributed by atoms with van der Waals surface area (Å²) in [6, 6.07) is -0.539. The van der Waals surface area contributed by atoms with Gasteiger partial charge in [0.15, 0.2) is 0 Å². The summed E-state index contributed by atoms with van der Waals surface area (Å²) >= 11 is 0. The number of carbonyl (C=O) groups excluding carboxylic acids is 2. The van der Waals surface area contributed by atoms with E-state index < -0.39 is 12.1 Å². The predicted octanol–water partition coefficient (Wildman–Crippen LogP) is 21.4. The number of unbranched alkanes of at least 4 members (excludes halogenated alkanes) is 48. The van der Waals surface area contributed by atoms with Crippen molar-refractivity contribution < 1.29 is 24.5 Å². The Balaban J connectivity index is 3.35. The number of aliphatic hydroxyl groups is 2. The Morgan fingerprint density at radius 3 is 1.07 bits per heavy atom. The van der Waals surface area contributed by atoms with Gasteiger partial charge in [0, 0.05) is 12.8 Å². The number of esters is 1. The second-order valence-electron chi connectivity index (χ2n) is 23.2. The van der Waals surface area contributed by atoms with Crippen molar-refractivity contribution in [3.63, 3.8) is 0 Å². The average molecular weight is 1040 g/mol. The van der Waals surface area contributed by atoms with Crippen LogP contribution in [0.4, 0.5) is 0 Å². The molecule has 74 heavy (non-hydrogen) atoms. The van der Waals surface area contributed by atoms with Crippen molar-refractivity contribution in [3.8, 4) is 0 Å². The van der Waals surface area contributed by atoms with Crippen LogP contribution in [0.2, 0.25) is 0 Å². The number of carbonyl (C=O) groups is 2. The summed E-state index contributed by atoms with van der Waals surface area (Å²) in [6.45, 7) is 4.94. The summed E-state index contributed by atoms with van der Waals surface area (Å²) in [5.41, 5.74) is 0. The van der Waals surface area contributed by atoms with Crippen molar-refractivity contribution in [2.24, 2.45) is 0 Å². The number of hydrogen-bond acceptors (Lipinski definition) is 5. The van der Waals surface area contributed by atoms with Gasteiger partial charge in [0.25, 0.3) is 0 Å². The molecular weight excluding hydrogens is 911 g/mol. The lowest BCUT2D eigenvalue weighted by atomic mass is 10.0. The molecule has 0 aliphatic rings. The largest absolute Gasteiger partial charge is 0.466 e. The lowest BCUT2D eigenvalue weighted by Gasteiger charge is -2.22. The molecule has 0 aromatic carbocycles. The fourth-order valence-corrected chi connectivity index (χ4v) is 10.6. The van der Waals surface area contributed by atoms with E-state index >= 15 is 0 Å². The molecule has 438 valence electrons. The SMILES string of the molecule is CCCC/C=C\C/C=C\CCCCCCCC(=O)OCCCCCCCCCCCCCCCCCCCCCCCCCCCCCC(=O)NC(CO)C(O)CCCCCCCCCCCCCCCCCC. The molecule has 0 bridgehead atoms. The second kappa shape index (κ2) is 63.9. The van der Waals surface area contributed by atoms with E-state index in [1.54, 1.807) is 0 Å². The summed E-state index contributed by atoms with van der Waals surface area (Å²) in [5, 5.41) is 23.3. The van der Waals surface area contributed by atoms with Gasteiger partial charge in [0.2, 0.25) is 5.91 Å². The van der Waals surface area contributed by atoms with E-state index in [1.165, 1.54) is 289 Å². The van der Waals surface area contributed by atoms with Crippen LogP contribution in [0, 0.1) is 0 Å². The number of ether oxygens (including phenoxy) is 1. The Hall–Kier alpha value is -1.66. The molecule has 3 N–H and O–H groups in total. The van der Waals surface area contributed by atoms with Crippen LogP contribution in [0.15, 0.2) is 24.3 Å². The molecule has 0 aromatic heterocycles. The van der Waals surface area contributed by atoms with Crippen LogP contribution >= 0.6 is 0 Å². The summed E-state index contributed by atoms with van der Waals surface area (Å²) in [7, 11) is 0. The zero-order valence-corrected chi connectivity index (χ0v) is 50.1. The van der Waals surface area contributed by atoms with Gasteiger partial charge in [-0.05, 0) is 51.4 Å². The summed E-state index contributed by atoms with van der Waals surface area (Å²) in [5.74, 6) is -0.0255. The third kappa shape index (κ3) is 59.6. The monoisotopic (exact) mass is 1040 g/mol. The predicted molar refractivity (Wildman–Crippen MR) is 324 cm³/mol. The molecule has 0 heterocycles. The van der Waals surface area contributed by atoms with E-state index in [9.17, 15) is 19.8 Å². The van der Waals surface area contributed by atoms with Gasteiger partial charge >= 0.3 is 5.97 Å². The van der Waals surface area contributed by atoms with Gasteiger partial charge in [-0.2, -0.15) is 0 Å². The molecular formula is C68H131NO5. The first kappa shape index (κ1) is 72.3. The molecule has 0 saturated carbocycles. The molecule has 0 spiro atoms. The molecule has 0 aliphatic heterocycles. The first-order chi connectivity index (χ1) is 36.5. The van der Waals surface area contributed by atoms with Crippen molar-refractivity contribution >= 4 is 11.9 Å². The number of amides is 1. The van der Waals surface area contributed by atoms with Crippen molar-refractivity contribution in [1.82, 2.24) is 5.32 Å². The Labute approximate surface area is 462 Å². The number of nitrogens with one attached hydrogen (secondary N) is 1. The molecule has 0 fully saturated rings. The second-order valence-corrected chi connectivity index (χ2v) is 23.2. The highest BCUT2D eigenvalue weighted by Crippen LogP contribution is 2.19. The molecule has 6 nitrogen and oxygen atoms in total. The Morgan fingerprint density at radius 2 is 0.689 bits per heavy atom. The zero-order chi connectivity index (χ0) is 53.6. The summed E-state index contributed by atoms with van der Waals surface area (Å²) in [4.78, 5) is 24.6. The Bertz CT molecular complexity index is 1150. The lowest BCUT2D eigenvalue weighted by molar-refractivity contribution is -0.143. The van der Waals surface area contributed by atoms with Gasteiger partial charge < -0.3 is 20.3 Å². The van der Waals surface area contributed by atoms with Crippen LogP contribution in [0.5, 0.6) is 0 Å². The molecule has 0 rings (SSSR count). The third-order valence-electron chi connectivity index (χ3n) is 15.8. The van der Waals surface area contributed by atoms with Gasteiger partial charge in [0.1, 0.15) is 0 Å². The molecule has 0 radical (unpaired) electrons. The number of aliphatic hydroxyl groups excluding tert-OH is 2. The van der Waals surface area contributed by atoms with Crippen LogP contribution < -0.4 is 5.32 Å². The van der Waals surface area contributed by atoms with Crippen LogP contribution in [0.3, 0.4) is 0 Å². The van der Waals surface area contributed by atoms with E-state index in [0.29, 0.717) is 25.9 Å². The maximum absolute atomic E-state index is 12.5. The highest BCUT2D eigenvalue weighted by atomic mass is 16.5. The van der Waals surface area contributed by atoms with E-state index in [2.05, 4.69) is 43.5 Å². The van der Waals surface area contributed by atoms with Gasteiger partial charge in [0.05, 0.1) is 25.4 Å². The topological polar surface area (TPSA) is 95.9 Å². The maximum atomic E-state index is 12.5. The van der Waals surface area contributed by atoms with E-state index in [4.69, 9.17) is 4.74 Å². The molecule has 1 amide bonds. The third-order valence-corrected chi connectivity index (χ3v) is 15.8. The standard InChI is InChI=1S/C68H131NO5/c1-3-5-7-9-11-13-15-17-19-33-36-40-44-48-52-56-60-66(71)65(64-70)69-67(72)61-57-53-49-45-41-37-34-31-29-27-25-23-21-20-22-24-26-28-30-32-35-39-43-47-51-55-59-63-74-68(73)62-58-54-50-46-42-38-18-16-14-12-10-8-6-4-2/h10,12,16,18,65-66,70-71H,3-9,11,13-15,17,19-64H2,1-2H3,(H,69,72)/b12-10-,18-16-. The molecule has 6 heteroatoms. The minimum Gasteiger partial charge on any atom is -0.466 e. The summed E-state index contributed by atoms with van der Waals surface area (Å²) < 4.78 is 5.48. The molecule has 0 aromatic rings. The first-order valence-corrected chi connectivity index (χ1v) is 33.6. The van der Waals surface area contributed by atoms with Crippen molar-refractivity contribution in [3.05, 3.63) is 24.3 Å². The molecule has 0 aliphatic carbocycles. The maximum Gasteiger partial charge on any atom is 0.305 e. The Kier molecular flexibility index (Phi) is 62.4. The highest BCUT2D eigenvalue weighted by Gasteiger charge is 2.20. The molecule has 0 saturated heterocycles. The van der Waals surface area contributed by atoms with E-state index in [0.717, 1.165) is 51.4 Å². The zero-order valence-electron chi connectivity index (χ0n) is 50.1. The summed E-state index contributed by atoms with van der Waals surface area (Å²) in [6.07, 6.45) is 79.3. The van der Waals surface area contributed by atoms with Gasteiger partial charge in [-0.15, -0.1) is 0 Å². The van der Waals surface area contributed by atoms with Gasteiger partial charge in [-0.25, -0.2) is 0 Å². The van der Waals surface area contributed by atoms with Crippen LogP contribution in [0.1, 0.15) is 373 Å². The minimum absolute atomic E-state index is 0.00391. The van der Waals surface area contributed by atoms with E-state index in [1.807, 2.05) is 0 Å². The van der Waals surface area contributed by atoms with E-state index in [-0.39, 0.29) is 18.5 Å². The first-order valence-electron chi connectivity index (χ1n) is 33.6. The molecule has 2 atom stereocenters. The van der Waals surface area contributed by atoms with Crippen LogP contribution in [0.25, 0.3) is 0 Å². The molecule has 2 unspecified atom stereocenters. The minimum atomic E-state index is -0.662. The van der Waals surface area contributed by atoms with Crippen molar-refractivity contribution in [1.29, 1.82) is 0 Å². The van der Waals surface area contributed by atoms with Crippen molar-refractivity contribution in [2.75, 3.05) is 13.2 Å².